The molecule has 18 heavy (non-hydrogen) atoms. The van der Waals surface area contributed by atoms with Gasteiger partial charge in [-0.2, -0.15) is 0 Å². The third-order valence-corrected chi connectivity index (χ3v) is 4.06. The summed E-state index contributed by atoms with van der Waals surface area (Å²) in [6.45, 7) is 3.81. The molecule has 2 saturated heterocycles. The molecule has 2 unspecified atom stereocenters. The number of hydrogen-bond acceptors (Lipinski definition) is 2. The molecule has 5 nitrogen and oxygen atoms in total. The summed E-state index contributed by atoms with van der Waals surface area (Å²) in [4.78, 5) is 19.3. The minimum absolute atomic E-state index is 0.154. The van der Waals surface area contributed by atoms with Crippen molar-refractivity contribution in [1.29, 1.82) is 0 Å². The second kappa shape index (κ2) is 4.65. The zero-order valence-electron chi connectivity index (χ0n) is 10.7. The molecule has 2 amide bonds. The number of hydrogen-bond donors (Lipinski definition) is 2. The molecule has 2 fully saturated rings. The Balaban J connectivity index is 1.68. The van der Waals surface area contributed by atoms with Crippen molar-refractivity contribution in [2.75, 3.05) is 33.2 Å². The van der Waals surface area contributed by atoms with E-state index >= 15 is 0 Å². The highest BCUT2D eigenvalue weighted by Gasteiger charge is 2.37. The van der Waals surface area contributed by atoms with E-state index in [0.29, 0.717) is 5.92 Å². The maximum atomic E-state index is 12.2. The zero-order valence-corrected chi connectivity index (χ0v) is 10.7. The molecule has 3 heterocycles. The van der Waals surface area contributed by atoms with Crippen LogP contribution in [0.3, 0.4) is 0 Å². The van der Waals surface area contributed by atoms with E-state index in [4.69, 9.17) is 0 Å². The molecule has 0 saturated carbocycles. The maximum Gasteiger partial charge on any atom is 0.320 e. The number of amides is 2. The van der Waals surface area contributed by atoms with Crippen LogP contribution in [0.5, 0.6) is 0 Å². The summed E-state index contributed by atoms with van der Waals surface area (Å²) in [5, 5.41) is 3.35. The Morgan fingerprint density at radius 3 is 3.06 bits per heavy atom. The van der Waals surface area contributed by atoms with Crippen LogP contribution in [0.25, 0.3) is 0 Å². The van der Waals surface area contributed by atoms with E-state index in [2.05, 4.69) is 16.4 Å². The van der Waals surface area contributed by atoms with E-state index in [9.17, 15) is 4.79 Å². The number of carbonyl (C=O) groups excluding carboxylic acids is 1. The Morgan fingerprint density at radius 2 is 2.39 bits per heavy atom. The van der Waals surface area contributed by atoms with E-state index in [1.165, 1.54) is 6.42 Å². The molecule has 2 N–H and O–H groups in total. The van der Waals surface area contributed by atoms with Gasteiger partial charge < -0.3 is 20.1 Å². The monoisotopic (exact) mass is 248 g/mol. The van der Waals surface area contributed by atoms with Crippen LogP contribution in [0, 0.1) is 5.92 Å². The van der Waals surface area contributed by atoms with Gasteiger partial charge in [0.2, 0.25) is 0 Å². The van der Waals surface area contributed by atoms with Gasteiger partial charge in [-0.1, -0.05) is 0 Å². The summed E-state index contributed by atoms with van der Waals surface area (Å²) in [7, 11) is 1.89. The minimum atomic E-state index is 0.154. The van der Waals surface area contributed by atoms with Gasteiger partial charge in [0.05, 0.1) is 6.04 Å². The van der Waals surface area contributed by atoms with Crippen LogP contribution in [0.2, 0.25) is 0 Å². The van der Waals surface area contributed by atoms with Crippen LogP contribution in [0.1, 0.15) is 18.2 Å². The van der Waals surface area contributed by atoms with Gasteiger partial charge in [-0.25, -0.2) is 4.79 Å². The molecule has 3 rings (SSSR count). The normalized spacial score (nSPS) is 28.4. The maximum absolute atomic E-state index is 12.2. The van der Waals surface area contributed by atoms with E-state index in [1.807, 2.05) is 29.1 Å². The number of urea groups is 1. The average molecular weight is 248 g/mol. The van der Waals surface area contributed by atoms with Crippen LogP contribution in [0.4, 0.5) is 4.79 Å². The molecular formula is C13H20N4O. The minimum Gasteiger partial charge on any atom is -0.363 e. The molecular weight excluding hydrogens is 228 g/mol. The smallest absolute Gasteiger partial charge is 0.320 e. The highest BCUT2D eigenvalue weighted by atomic mass is 16.2. The lowest BCUT2D eigenvalue weighted by Gasteiger charge is -2.19. The molecule has 0 spiro atoms. The van der Waals surface area contributed by atoms with Gasteiger partial charge in [0.1, 0.15) is 0 Å². The van der Waals surface area contributed by atoms with Gasteiger partial charge in [-0.05, 0) is 37.6 Å². The van der Waals surface area contributed by atoms with Crippen LogP contribution in [-0.2, 0) is 0 Å². The molecule has 98 valence electrons. The van der Waals surface area contributed by atoms with Gasteiger partial charge in [0.15, 0.2) is 0 Å². The molecule has 0 aliphatic carbocycles. The summed E-state index contributed by atoms with van der Waals surface area (Å²) in [5.41, 5.74) is 1.12. The Bertz CT molecular complexity index is 411. The lowest BCUT2D eigenvalue weighted by Crippen LogP contribution is -2.34. The van der Waals surface area contributed by atoms with Crippen LogP contribution in [0.15, 0.2) is 18.3 Å². The highest BCUT2D eigenvalue weighted by Crippen LogP contribution is 2.28. The molecule has 1 aromatic rings. The van der Waals surface area contributed by atoms with Gasteiger partial charge >= 0.3 is 6.03 Å². The molecule has 2 aliphatic heterocycles. The Labute approximate surface area is 107 Å². The number of aromatic nitrogens is 1. The van der Waals surface area contributed by atoms with Crippen molar-refractivity contribution < 1.29 is 4.79 Å². The van der Waals surface area contributed by atoms with Crippen molar-refractivity contribution in [3.05, 3.63) is 24.0 Å². The van der Waals surface area contributed by atoms with Crippen LogP contribution in [-0.4, -0.2) is 54.0 Å². The van der Waals surface area contributed by atoms with Crippen LogP contribution >= 0.6 is 0 Å². The molecule has 0 bridgehead atoms. The number of rotatable bonds is 3. The van der Waals surface area contributed by atoms with Gasteiger partial charge in [0.25, 0.3) is 0 Å². The number of nitrogens with one attached hydrogen (secondary N) is 2. The van der Waals surface area contributed by atoms with E-state index in [-0.39, 0.29) is 12.1 Å². The molecule has 2 aliphatic rings. The summed E-state index contributed by atoms with van der Waals surface area (Å²) in [5.74, 6) is 0.616. The topological polar surface area (TPSA) is 51.4 Å². The third kappa shape index (κ3) is 1.99. The van der Waals surface area contributed by atoms with E-state index in [1.54, 1.807) is 0 Å². The van der Waals surface area contributed by atoms with Crippen molar-refractivity contribution >= 4 is 6.03 Å². The van der Waals surface area contributed by atoms with Crippen molar-refractivity contribution in [2.45, 2.75) is 12.5 Å². The molecule has 1 aromatic heterocycles. The first-order valence-corrected chi connectivity index (χ1v) is 6.61. The second-order valence-corrected chi connectivity index (χ2v) is 5.30. The largest absolute Gasteiger partial charge is 0.363 e. The van der Waals surface area contributed by atoms with Crippen LogP contribution < -0.4 is 5.32 Å². The van der Waals surface area contributed by atoms with Gasteiger partial charge in [-0.15, -0.1) is 0 Å². The Morgan fingerprint density at radius 1 is 1.50 bits per heavy atom. The first-order valence-electron chi connectivity index (χ1n) is 6.61. The average Bonchev–Trinajstić information content (AvgIpc) is 3.07. The Hall–Kier alpha value is -1.49. The lowest BCUT2D eigenvalue weighted by molar-refractivity contribution is 0.190. The first kappa shape index (κ1) is 11.6. The number of carbonyl (C=O) groups is 1. The number of H-pyrrole nitrogens is 1. The van der Waals surface area contributed by atoms with Crippen molar-refractivity contribution in [3.8, 4) is 0 Å². The standard InChI is InChI=1S/C13H20N4O/c1-16-12(11-3-2-5-15-11)9-17(13(16)18)8-10-4-6-14-7-10/h2-3,5,10,12,14-15H,4,6-9H2,1H3. The molecule has 0 aromatic carbocycles. The van der Waals surface area contributed by atoms with E-state index in [0.717, 1.165) is 31.9 Å². The second-order valence-electron chi connectivity index (χ2n) is 5.30. The molecule has 0 radical (unpaired) electrons. The summed E-state index contributed by atoms with van der Waals surface area (Å²) in [6.07, 6.45) is 3.10. The first-order chi connectivity index (χ1) is 8.75. The zero-order chi connectivity index (χ0) is 12.5. The Kier molecular flexibility index (Phi) is 2.99. The quantitative estimate of drug-likeness (QED) is 0.839. The molecule has 2 atom stereocenters. The highest BCUT2D eigenvalue weighted by molar-refractivity contribution is 5.77. The predicted molar refractivity (Wildman–Crippen MR) is 69.2 cm³/mol. The fraction of sp³-hybridized carbons (Fsp3) is 0.615. The lowest BCUT2D eigenvalue weighted by atomic mass is 10.1. The fourth-order valence-electron chi connectivity index (χ4n) is 2.96. The number of aromatic amines is 1. The summed E-state index contributed by atoms with van der Waals surface area (Å²) >= 11 is 0. The summed E-state index contributed by atoms with van der Waals surface area (Å²) in [6, 6.07) is 4.36. The SMILES string of the molecule is CN1C(=O)N(CC2CCNC2)CC1c1ccc[nH]1. The van der Waals surface area contributed by atoms with Crippen molar-refractivity contribution in [1.82, 2.24) is 20.1 Å². The number of likely N-dealkylation sites (N-methyl/N-ethyl adjacent to an activating group) is 1. The van der Waals surface area contributed by atoms with Gasteiger partial charge in [-0.3, -0.25) is 0 Å². The predicted octanol–water partition coefficient (Wildman–Crippen LogP) is 1.03. The third-order valence-electron chi connectivity index (χ3n) is 4.06. The number of nitrogens with zero attached hydrogens (tertiary/aromatic N) is 2. The van der Waals surface area contributed by atoms with Gasteiger partial charge in [0, 0.05) is 32.0 Å². The molecule has 5 heteroatoms. The van der Waals surface area contributed by atoms with Crippen molar-refractivity contribution in [3.63, 3.8) is 0 Å². The summed E-state index contributed by atoms with van der Waals surface area (Å²) < 4.78 is 0. The van der Waals surface area contributed by atoms with E-state index < -0.39 is 0 Å². The van der Waals surface area contributed by atoms with Crippen molar-refractivity contribution in [2.24, 2.45) is 5.92 Å². The fourth-order valence-corrected chi connectivity index (χ4v) is 2.96.